The summed E-state index contributed by atoms with van der Waals surface area (Å²) in [6.45, 7) is 1.95. The summed E-state index contributed by atoms with van der Waals surface area (Å²) in [6.07, 6.45) is 12.0. The lowest BCUT2D eigenvalue weighted by atomic mass is 9.87. The number of aromatic nitrogens is 3. The average molecular weight is 328 g/mol. The van der Waals surface area contributed by atoms with E-state index >= 15 is 0 Å². The van der Waals surface area contributed by atoms with Gasteiger partial charge in [0.25, 0.3) is 0 Å². The van der Waals surface area contributed by atoms with Crippen molar-refractivity contribution < 1.29 is 4.79 Å². The number of fused-ring (bicyclic) bond motifs is 3. The van der Waals surface area contributed by atoms with E-state index in [1.54, 1.807) is 0 Å². The van der Waals surface area contributed by atoms with Gasteiger partial charge in [0.15, 0.2) is 5.82 Å². The lowest BCUT2D eigenvalue weighted by Gasteiger charge is -2.30. The minimum atomic E-state index is 0.177. The van der Waals surface area contributed by atoms with Crippen molar-refractivity contribution in [3.63, 3.8) is 0 Å². The second kappa shape index (κ2) is 5.85. The van der Waals surface area contributed by atoms with E-state index in [4.69, 9.17) is 0 Å². The van der Waals surface area contributed by atoms with Crippen molar-refractivity contribution in [2.75, 3.05) is 6.54 Å². The number of carbonyl (C=O) groups excluding carboxylic acids is 1. The van der Waals surface area contributed by atoms with Gasteiger partial charge in [-0.25, -0.2) is 0 Å². The quantitative estimate of drug-likeness (QED) is 0.838. The molecule has 24 heavy (non-hydrogen) atoms. The number of rotatable bonds is 2. The van der Waals surface area contributed by atoms with Gasteiger partial charge in [-0.3, -0.25) is 4.79 Å². The van der Waals surface area contributed by atoms with E-state index in [0.29, 0.717) is 17.7 Å². The van der Waals surface area contributed by atoms with Crippen molar-refractivity contribution >= 4 is 5.91 Å². The summed E-state index contributed by atoms with van der Waals surface area (Å²) in [5.41, 5.74) is 0. The molecular formula is C19H28N4O. The Kier molecular flexibility index (Phi) is 3.64. The van der Waals surface area contributed by atoms with Crippen LogP contribution < -0.4 is 0 Å². The Morgan fingerprint density at radius 1 is 0.958 bits per heavy atom. The van der Waals surface area contributed by atoms with Gasteiger partial charge in [-0.2, -0.15) is 0 Å². The van der Waals surface area contributed by atoms with Crippen LogP contribution in [-0.2, 0) is 17.8 Å². The standard InChI is InChI=1S/C19H28N4O/c24-19(15-12-13-7-8-14(15)11-13)22-10-4-5-16(22)18-21-20-17-6-2-1-3-9-23(17)18/h13-16H,1-12H2/t13-,14-,15-,16+/m0/s1. The first-order valence-electron chi connectivity index (χ1n) is 10.0. The highest BCUT2D eigenvalue weighted by Gasteiger charge is 2.46. The molecule has 5 nitrogen and oxygen atoms in total. The van der Waals surface area contributed by atoms with Crippen LogP contribution in [0.15, 0.2) is 0 Å². The van der Waals surface area contributed by atoms with Gasteiger partial charge >= 0.3 is 0 Å². The van der Waals surface area contributed by atoms with Gasteiger partial charge in [-0.15, -0.1) is 10.2 Å². The Morgan fingerprint density at radius 2 is 1.92 bits per heavy atom. The minimum absolute atomic E-state index is 0.177. The van der Waals surface area contributed by atoms with Crippen LogP contribution in [0.2, 0.25) is 0 Å². The van der Waals surface area contributed by atoms with Crippen LogP contribution in [0.25, 0.3) is 0 Å². The largest absolute Gasteiger partial charge is 0.332 e. The summed E-state index contributed by atoms with van der Waals surface area (Å²) < 4.78 is 2.34. The summed E-state index contributed by atoms with van der Waals surface area (Å²) in [5.74, 6) is 4.43. The molecule has 0 aromatic carbocycles. The second-order valence-electron chi connectivity index (χ2n) is 8.41. The molecule has 0 N–H and O–H groups in total. The molecule has 0 radical (unpaired) electrons. The average Bonchev–Trinajstić information content (AvgIpc) is 3.35. The summed E-state index contributed by atoms with van der Waals surface area (Å²) in [6, 6.07) is 0.177. The zero-order valence-corrected chi connectivity index (χ0v) is 14.5. The van der Waals surface area contributed by atoms with Crippen molar-refractivity contribution in [2.45, 2.75) is 76.8 Å². The molecule has 130 valence electrons. The van der Waals surface area contributed by atoms with E-state index in [0.717, 1.165) is 56.3 Å². The molecule has 2 bridgehead atoms. The van der Waals surface area contributed by atoms with Gasteiger partial charge in [0, 0.05) is 25.4 Å². The molecule has 2 saturated carbocycles. The molecule has 5 rings (SSSR count). The monoisotopic (exact) mass is 328 g/mol. The van der Waals surface area contributed by atoms with Crippen molar-refractivity contribution in [3.05, 3.63) is 11.6 Å². The topological polar surface area (TPSA) is 51.0 Å². The molecule has 4 aliphatic rings. The Labute approximate surface area is 143 Å². The van der Waals surface area contributed by atoms with E-state index in [9.17, 15) is 4.79 Å². The lowest BCUT2D eigenvalue weighted by molar-refractivity contribution is -0.138. The molecule has 3 heterocycles. The van der Waals surface area contributed by atoms with Crippen molar-refractivity contribution in [3.8, 4) is 0 Å². The number of hydrogen-bond acceptors (Lipinski definition) is 3. The third kappa shape index (κ3) is 2.31. The Morgan fingerprint density at radius 3 is 2.75 bits per heavy atom. The molecule has 1 amide bonds. The maximum Gasteiger partial charge on any atom is 0.226 e. The smallest absolute Gasteiger partial charge is 0.226 e. The number of nitrogens with zero attached hydrogens (tertiary/aromatic N) is 4. The van der Waals surface area contributed by atoms with Crippen LogP contribution in [0.5, 0.6) is 0 Å². The Hall–Kier alpha value is -1.39. The molecule has 2 aliphatic heterocycles. The summed E-state index contributed by atoms with van der Waals surface area (Å²) in [7, 11) is 0. The Balaban J connectivity index is 1.40. The van der Waals surface area contributed by atoms with E-state index in [1.807, 2.05) is 0 Å². The fourth-order valence-corrected chi connectivity index (χ4v) is 5.81. The third-order valence-corrected chi connectivity index (χ3v) is 7.03. The zero-order chi connectivity index (χ0) is 16.1. The van der Waals surface area contributed by atoms with Crippen LogP contribution >= 0.6 is 0 Å². The highest BCUT2D eigenvalue weighted by Crippen LogP contribution is 2.50. The van der Waals surface area contributed by atoms with Crippen molar-refractivity contribution in [1.29, 1.82) is 0 Å². The summed E-state index contributed by atoms with van der Waals surface area (Å²) in [4.78, 5) is 15.4. The van der Waals surface area contributed by atoms with Crippen LogP contribution in [0, 0.1) is 17.8 Å². The molecular weight excluding hydrogens is 300 g/mol. The van der Waals surface area contributed by atoms with Crippen molar-refractivity contribution in [1.82, 2.24) is 19.7 Å². The number of aryl methyl sites for hydroxylation is 1. The maximum atomic E-state index is 13.2. The minimum Gasteiger partial charge on any atom is -0.332 e. The highest BCUT2D eigenvalue weighted by atomic mass is 16.2. The molecule has 2 aliphatic carbocycles. The van der Waals surface area contributed by atoms with E-state index in [2.05, 4.69) is 19.7 Å². The van der Waals surface area contributed by atoms with Gasteiger partial charge in [-0.1, -0.05) is 12.8 Å². The first-order valence-corrected chi connectivity index (χ1v) is 10.0. The van der Waals surface area contributed by atoms with Gasteiger partial charge in [0.2, 0.25) is 5.91 Å². The molecule has 3 fully saturated rings. The van der Waals surface area contributed by atoms with Crippen LogP contribution in [-0.4, -0.2) is 32.1 Å². The molecule has 4 atom stereocenters. The number of likely N-dealkylation sites (tertiary alicyclic amines) is 1. The molecule has 1 saturated heterocycles. The third-order valence-electron chi connectivity index (χ3n) is 7.03. The predicted molar refractivity (Wildman–Crippen MR) is 90.2 cm³/mol. The number of carbonyl (C=O) groups is 1. The first-order chi connectivity index (χ1) is 11.8. The van der Waals surface area contributed by atoms with E-state index < -0.39 is 0 Å². The fourth-order valence-electron chi connectivity index (χ4n) is 5.81. The maximum absolute atomic E-state index is 13.2. The summed E-state index contributed by atoms with van der Waals surface area (Å²) >= 11 is 0. The van der Waals surface area contributed by atoms with Gasteiger partial charge in [0.1, 0.15) is 5.82 Å². The zero-order valence-electron chi connectivity index (χ0n) is 14.5. The molecule has 1 aromatic heterocycles. The van der Waals surface area contributed by atoms with Gasteiger partial charge in [0.05, 0.1) is 6.04 Å². The highest BCUT2D eigenvalue weighted by molar-refractivity contribution is 5.80. The SMILES string of the molecule is O=C([C@H]1C[C@H]2CC[C@H]1C2)N1CCC[C@@H]1c1nnc2n1CCCCC2. The fraction of sp³-hybridized carbons (Fsp3) is 0.842. The van der Waals surface area contributed by atoms with Gasteiger partial charge < -0.3 is 9.47 Å². The summed E-state index contributed by atoms with van der Waals surface area (Å²) in [5, 5.41) is 9.01. The van der Waals surface area contributed by atoms with Crippen LogP contribution in [0.3, 0.4) is 0 Å². The molecule has 0 spiro atoms. The predicted octanol–water partition coefficient (Wildman–Crippen LogP) is 3.10. The van der Waals surface area contributed by atoms with E-state index in [1.165, 1.54) is 38.5 Å². The van der Waals surface area contributed by atoms with Crippen molar-refractivity contribution in [2.24, 2.45) is 17.8 Å². The Bertz CT molecular complexity index is 639. The molecule has 0 unspecified atom stereocenters. The second-order valence-corrected chi connectivity index (χ2v) is 8.41. The van der Waals surface area contributed by atoms with Crippen LogP contribution in [0.4, 0.5) is 0 Å². The first kappa shape index (κ1) is 14.9. The van der Waals surface area contributed by atoms with Crippen LogP contribution in [0.1, 0.15) is 75.5 Å². The number of amides is 1. The molecule has 5 heteroatoms. The van der Waals surface area contributed by atoms with Gasteiger partial charge in [-0.05, 0) is 56.8 Å². The molecule has 1 aromatic rings. The van der Waals surface area contributed by atoms with E-state index in [-0.39, 0.29) is 6.04 Å². The lowest BCUT2D eigenvalue weighted by Crippen LogP contribution is -2.38. The normalized spacial score (nSPS) is 35.2. The number of hydrogen-bond donors (Lipinski definition) is 0.